The van der Waals surface area contributed by atoms with E-state index in [1.807, 2.05) is 0 Å². The quantitative estimate of drug-likeness (QED) is 0.645. The Kier molecular flexibility index (Phi) is 1.71. The average molecular weight is 170 g/mol. The van der Waals surface area contributed by atoms with E-state index < -0.39 is 17.4 Å². The van der Waals surface area contributed by atoms with Crippen LogP contribution in [-0.4, -0.2) is 22.2 Å². The zero-order chi connectivity index (χ0) is 9.52. The second-order valence-electron chi connectivity index (χ2n) is 3.52. The molecule has 0 saturated carbocycles. The Morgan fingerprint density at radius 2 is 1.75 bits per heavy atom. The monoisotopic (exact) mass is 170 g/mol. The molecule has 0 aromatic rings. The maximum atomic E-state index is 10.6. The summed E-state index contributed by atoms with van der Waals surface area (Å²) in [5, 5.41) is 17.2. The Morgan fingerprint density at radius 3 is 1.92 bits per heavy atom. The lowest BCUT2D eigenvalue weighted by molar-refractivity contribution is -0.138. The predicted octanol–water partition coefficient (Wildman–Crippen LogP) is 0.882. The summed E-state index contributed by atoms with van der Waals surface area (Å²) in [5.41, 5.74) is -0.415. The molecule has 0 aromatic carbocycles. The normalized spacial score (nSPS) is 20.2. The van der Waals surface area contributed by atoms with Crippen molar-refractivity contribution in [2.24, 2.45) is 5.41 Å². The number of carboxylic acid groups (broad SMARTS) is 2. The highest BCUT2D eigenvalue weighted by molar-refractivity contribution is 6.02. The first-order chi connectivity index (χ1) is 5.36. The molecular weight excluding hydrogens is 160 g/mol. The smallest absolute Gasteiger partial charge is 0.332 e. The molecule has 0 radical (unpaired) electrons. The molecule has 0 saturated heterocycles. The Hall–Kier alpha value is -1.32. The molecular formula is C8H10O4. The molecule has 2 N–H and O–H groups in total. The highest BCUT2D eigenvalue weighted by atomic mass is 16.4. The Bertz CT molecular complexity index is 285. The first kappa shape index (κ1) is 8.77. The molecule has 0 bridgehead atoms. The fraction of sp³-hybridized carbons (Fsp3) is 0.500. The molecule has 4 nitrogen and oxygen atoms in total. The van der Waals surface area contributed by atoms with Gasteiger partial charge in [-0.3, -0.25) is 0 Å². The van der Waals surface area contributed by atoms with Gasteiger partial charge in [0.05, 0.1) is 5.57 Å². The van der Waals surface area contributed by atoms with Gasteiger partial charge < -0.3 is 10.2 Å². The van der Waals surface area contributed by atoms with Crippen molar-refractivity contribution in [2.45, 2.75) is 20.3 Å². The van der Waals surface area contributed by atoms with Crippen molar-refractivity contribution in [3.05, 3.63) is 11.1 Å². The first-order valence-corrected chi connectivity index (χ1v) is 3.56. The van der Waals surface area contributed by atoms with Crippen LogP contribution < -0.4 is 0 Å². The Morgan fingerprint density at radius 1 is 1.25 bits per heavy atom. The average Bonchev–Trinajstić information content (AvgIpc) is 1.81. The van der Waals surface area contributed by atoms with Crippen LogP contribution in [0.1, 0.15) is 20.3 Å². The van der Waals surface area contributed by atoms with Crippen molar-refractivity contribution < 1.29 is 19.8 Å². The van der Waals surface area contributed by atoms with Crippen molar-refractivity contribution >= 4 is 11.9 Å². The lowest BCUT2D eigenvalue weighted by Crippen LogP contribution is -2.35. The van der Waals surface area contributed by atoms with Crippen LogP contribution in [-0.2, 0) is 9.59 Å². The van der Waals surface area contributed by atoms with E-state index in [4.69, 9.17) is 10.2 Å². The topological polar surface area (TPSA) is 74.6 Å². The molecule has 0 aliphatic heterocycles. The van der Waals surface area contributed by atoms with Gasteiger partial charge in [-0.15, -0.1) is 0 Å². The summed E-state index contributed by atoms with van der Waals surface area (Å²) in [5.74, 6) is -2.24. The van der Waals surface area contributed by atoms with Crippen molar-refractivity contribution in [3.63, 3.8) is 0 Å². The lowest BCUT2D eigenvalue weighted by Gasteiger charge is -2.36. The van der Waals surface area contributed by atoms with Crippen LogP contribution in [0.3, 0.4) is 0 Å². The minimum atomic E-state index is -1.12. The molecule has 0 unspecified atom stereocenters. The number of aliphatic carboxylic acids is 2. The van der Waals surface area contributed by atoms with Gasteiger partial charge in [-0.2, -0.15) is 0 Å². The fourth-order valence-corrected chi connectivity index (χ4v) is 1.52. The van der Waals surface area contributed by atoms with Crippen LogP contribution in [0.15, 0.2) is 11.1 Å². The molecule has 0 aromatic heterocycles. The lowest BCUT2D eigenvalue weighted by atomic mass is 9.66. The third-order valence-corrected chi connectivity index (χ3v) is 2.07. The molecule has 12 heavy (non-hydrogen) atoms. The number of hydrogen-bond acceptors (Lipinski definition) is 2. The zero-order valence-electron chi connectivity index (χ0n) is 6.92. The van der Waals surface area contributed by atoms with Crippen LogP contribution in [0.5, 0.6) is 0 Å². The van der Waals surface area contributed by atoms with Crippen LogP contribution in [0.2, 0.25) is 0 Å². The minimum absolute atomic E-state index is 0.0347. The summed E-state index contributed by atoms with van der Waals surface area (Å²) in [6.45, 7) is 3.45. The molecule has 0 heterocycles. The van der Waals surface area contributed by atoms with Crippen LogP contribution in [0.25, 0.3) is 0 Å². The summed E-state index contributed by atoms with van der Waals surface area (Å²) >= 11 is 0. The Balaban J connectivity index is 3.09. The summed E-state index contributed by atoms with van der Waals surface area (Å²) in [6, 6.07) is 0. The van der Waals surface area contributed by atoms with E-state index >= 15 is 0 Å². The highest BCUT2D eigenvalue weighted by Gasteiger charge is 2.44. The Labute approximate surface area is 69.5 Å². The van der Waals surface area contributed by atoms with E-state index in [1.165, 1.54) is 0 Å². The molecule has 0 amide bonds. The largest absolute Gasteiger partial charge is 0.478 e. The van der Waals surface area contributed by atoms with E-state index in [9.17, 15) is 9.59 Å². The second kappa shape index (κ2) is 2.33. The van der Waals surface area contributed by atoms with Gasteiger partial charge in [-0.1, -0.05) is 13.8 Å². The van der Waals surface area contributed by atoms with E-state index in [-0.39, 0.29) is 11.1 Å². The molecule has 66 valence electrons. The van der Waals surface area contributed by atoms with Gasteiger partial charge in [0.1, 0.15) is 0 Å². The molecule has 0 atom stereocenters. The van der Waals surface area contributed by atoms with Gasteiger partial charge in [0.15, 0.2) is 0 Å². The van der Waals surface area contributed by atoms with Gasteiger partial charge in [-0.05, 0) is 6.42 Å². The maximum absolute atomic E-state index is 10.6. The standard InChI is InChI=1S/C8H10O4/c1-8(2)3-4(6(9)10)5(8)7(11)12/h3H2,1-2H3,(H,9,10)(H,11,12). The number of carbonyl (C=O) groups is 2. The second-order valence-corrected chi connectivity index (χ2v) is 3.52. The third-order valence-electron chi connectivity index (χ3n) is 2.07. The summed E-state index contributed by atoms with van der Waals surface area (Å²) in [4.78, 5) is 21.1. The highest BCUT2D eigenvalue weighted by Crippen LogP contribution is 2.45. The third kappa shape index (κ3) is 1.09. The fourth-order valence-electron chi connectivity index (χ4n) is 1.52. The SMILES string of the molecule is CC1(C)CC(C(=O)O)=C1C(=O)O. The van der Waals surface area contributed by atoms with E-state index in [0.29, 0.717) is 6.42 Å². The zero-order valence-corrected chi connectivity index (χ0v) is 6.92. The van der Waals surface area contributed by atoms with Crippen LogP contribution >= 0.6 is 0 Å². The number of hydrogen-bond donors (Lipinski definition) is 2. The summed E-state index contributed by atoms with van der Waals surface area (Å²) in [6.07, 6.45) is 0.337. The van der Waals surface area contributed by atoms with E-state index in [1.54, 1.807) is 13.8 Å². The molecule has 1 aliphatic rings. The molecule has 1 rings (SSSR count). The first-order valence-electron chi connectivity index (χ1n) is 3.56. The van der Waals surface area contributed by atoms with Crippen molar-refractivity contribution in [1.82, 2.24) is 0 Å². The van der Waals surface area contributed by atoms with Crippen molar-refractivity contribution in [2.75, 3.05) is 0 Å². The summed E-state index contributed by atoms with van der Waals surface area (Å²) in [7, 11) is 0. The van der Waals surface area contributed by atoms with Crippen molar-refractivity contribution in [3.8, 4) is 0 Å². The number of rotatable bonds is 2. The maximum Gasteiger partial charge on any atom is 0.332 e. The van der Waals surface area contributed by atoms with Crippen molar-refractivity contribution in [1.29, 1.82) is 0 Å². The van der Waals surface area contributed by atoms with Gasteiger partial charge in [-0.25, -0.2) is 9.59 Å². The predicted molar refractivity (Wildman–Crippen MR) is 40.7 cm³/mol. The van der Waals surface area contributed by atoms with Crippen LogP contribution in [0.4, 0.5) is 0 Å². The van der Waals surface area contributed by atoms with Gasteiger partial charge in [0.25, 0.3) is 0 Å². The van der Waals surface area contributed by atoms with Crippen LogP contribution in [0, 0.1) is 5.41 Å². The molecule has 1 aliphatic carbocycles. The number of carboxylic acids is 2. The van der Waals surface area contributed by atoms with Gasteiger partial charge in [0.2, 0.25) is 0 Å². The molecule has 0 spiro atoms. The minimum Gasteiger partial charge on any atom is -0.478 e. The molecule has 4 heteroatoms. The van der Waals surface area contributed by atoms with E-state index in [0.717, 1.165) is 0 Å². The van der Waals surface area contributed by atoms with Gasteiger partial charge in [0, 0.05) is 11.0 Å². The molecule has 0 fully saturated rings. The summed E-state index contributed by atoms with van der Waals surface area (Å²) < 4.78 is 0. The van der Waals surface area contributed by atoms with E-state index in [2.05, 4.69) is 0 Å². The van der Waals surface area contributed by atoms with Gasteiger partial charge >= 0.3 is 11.9 Å².